The summed E-state index contributed by atoms with van der Waals surface area (Å²) in [5.74, 6) is -5.16. The van der Waals surface area contributed by atoms with Gasteiger partial charge in [-0.15, -0.1) is 0 Å². The number of carbonyl (C=O) groups is 1. The summed E-state index contributed by atoms with van der Waals surface area (Å²) in [6, 6.07) is 0.646. The Balaban J connectivity index is 3.42. The van der Waals surface area contributed by atoms with Crippen LogP contribution < -0.4 is 0 Å². The summed E-state index contributed by atoms with van der Waals surface area (Å²) in [6.45, 7) is 0. The number of esters is 1. The molecular weight excluding hydrogens is 362 g/mol. The van der Waals surface area contributed by atoms with Crippen molar-refractivity contribution in [1.29, 1.82) is 0 Å². The van der Waals surface area contributed by atoms with E-state index in [9.17, 15) is 39.6 Å². The summed E-state index contributed by atoms with van der Waals surface area (Å²) in [4.78, 5) is 17.8. The molecule has 130 valence electrons. The standard InChI is InChI=1S/C9H6F6N2O5S/c10-8(11,12)7(9(13,14)15,3-23(19,20)21)22-6(18)5-1-2-16-4-17-5/h1-2,4H,3H2,(H,19,20,21). The van der Waals surface area contributed by atoms with Crippen LogP contribution in [0.2, 0.25) is 0 Å². The molecule has 1 aromatic rings. The number of nitrogens with zero attached hydrogens (tertiary/aromatic N) is 2. The highest BCUT2D eigenvalue weighted by Gasteiger charge is 2.76. The first kappa shape index (κ1) is 19.1. The van der Waals surface area contributed by atoms with Crippen LogP contribution in [0.5, 0.6) is 0 Å². The van der Waals surface area contributed by atoms with Crippen LogP contribution in [0.1, 0.15) is 10.5 Å². The first-order valence-electron chi connectivity index (χ1n) is 5.27. The van der Waals surface area contributed by atoms with Crippen LogP contribution in [-0.4, -0.2) is 52.6 Å². The minimum absolute atomic E-state index is 0.641. The van der Waals surface area contributed by atoms with Gasteiger partial charge in [0, 0.05) is 6.20 Å². The van der Waals surface area contributed by atoms with Crippen LogP contribution in [0.3, 0.4) is 0 Å². The predicted octanol–water partition coefficient (Wildman–Crippen LogP) is 1.38. The zero-order valence-corrected chi connectivity index (χ0v) is 11.4. The van der Waals surface area contributed by atoms with Crippen molar-refractivity contribution in [3.63, 3.8) is 0 Å². The molecule has 0 aliphatic heterocycles. The molecule has 23 heavy (non-hydrogen) atoms. The van der Waals surface area contributed by atoms with E-state index in [0.29, 0.717) is 12.4 Å². The molecule has 1 N–H and O–H groups in total. The van der Waals surface area contributed by atoms with Crippen molar-refractivity contribution < 1.29 is 48.8 Å². The smallest absolute Gasteiger partial charge is 0.433 e. The van der Waals surface area contributed by atoms with Crippen LogP contribution in [0, 0.1) is 0 Å². The summed E-state index contributed by atoms with van der Waals surface area (Å²) >= 11 is 0. The SMILES string of the molecule is O=C(OC(CS(=O)(=O)O)(C(F)(F)F)C(F)(F)F)c1ccncn1. The maximum atomic E-state index is 12.9. The minimum Gasteiger partial charge on any atom is -0.433 e. The molecule has 0 radical (unpaired) electrons. The summed E-state index contributed by atoms with van der Waals surface area (Å²) in [5, 5.41) is 0. The van der Waals surface area contributed by atoms with Gasteiger partial charge in [0.2, 0.25) is 0 Å². The topological polar surface area (TPSA) is 106 Å². The summed E-state index contributed by atoms with van der Waals surface area (Å²) < 4.78 is 110. The van der Waals surface area contributed by atoms with Gasteiger partial charge in [-0.1, -0.05) is 0 Å². The van der Waals surface area contributed by atoms with E-state index in [2.05, 4.69) is 14.7 Å². The second-order valence-electron chi connectivity index (χ2n) is 4.03. The highest BCUT2D eigenvalue weighted by atomic mass is 32.2. The molecule has 0 saturated carbocycles. The van der Waals surface area contributed by atoms with Gasteiger partial charge in [0.1, 0.15) is 12.1 Å². The van der Waals surface area contributed by atoms with Crippen molar-refractivity contribution in [3.8, 4) is 0 Å². The van der Waals surface area contributed by atoms with Crippen LogP contribution in [0.25, 0.3) is 0 Å². The number of hydrogen-bond acceptors (Lipinski definition) is 6. The van der Waals surface area contributed by atoms with Gasteiger partial charge in [-0.2, -0.15) is 34.8 Å². The number of aromatic nitrogens is 2. The average molecular weight is 368 g/mol. The summed E-state index contributed by atoms with van der Waals surface area (Å²) in [7, 11) is -5.83. The molecule has 0 saturated heterocycles. The molecule has 0 aromatic carbocycles. The number of rotatable bonds is 4. The first-order chi connectivity index (χ1) is 10.2. The summed E-state index contributed by atoms with van der Waals surface area (Å²) in [6.07, 6.45) is -11.3. The van der Waals surface area contributed by atoms with Gasteiger partial charge in [0.15, 0.2) is 5.69 Å². The lowest BCUT2D eigenvalue weighted by atomic mass is 10.1. The molecule has 0 aliphatic rings. The fourth-order valence-electron chi connectivity index (χ4n) is 1.35. The number of alkyl halides is 6. The second-order valence-corrected chi connectivity index (χ2v) is 5.49. The quantitative estimate of drug-likeness (QED) is 0.486. The van der Waals surface area contributed by atoms with E-state index in [1.807, 2.05) is 0 Å². The molecule has 0 amide bonds. The summed E-state index contributed by atoms with van der Waals surface area (Å²) in [5.41, 5.74) is -6.44. The average Bonchev–Trinajstić information content (AvgIpc) is 2.34. The molecule has 7 nitrogen and oxygen atoms in total. The van der Waals surface area contributed by atoms with E-state index in [1.54, 1.807) is 0 Å². The highest BCUT2D eigenvalue weighted by molar-refractivity contribution is 7.85. The van der Waals surface area contributed by atoms with Gasteiger partial charge in [-0.25, -0.2) is 14.8 Å². The zero-order chi connectivity index (χ0) is 18.1. The molecule has 14 heteroatoms. The lowest BCUT2D eigenvalue weighted by Gasteiger charge is -2.35. The maximum Gasteiger partial charge on any atom is 0.438 e. The molecule has 0 aliphatic carbocycles. The van der Waals surface area contributed by atoms with Crippen molar-refractivity contribution in [2.24, 2.45) is 0 Å². The number of ether oxygens (including phenoxy) is 1. The lowest BCUT2D eigenvalue weighted by molar-refractivity contribution is -0.356. The monoisotopic (exact) mass is 368 g/mol. The van der Waals surface area contributed by atoms with E-state index in [0.717, 1.165) is 6.20 Å². The number of hydrogen-bond donors (Lipinski definition) is 1. The Morgan fingerprint density at radius 2 is 1.70 bits per heavy atom. The van der Waals surface area contributed by atoms with Gasteiger partial charge >= 0.3 is 23.9 Å². The molecule has 0 atom stereocenters. The van der Waals surface area contributed by atoms with Crippen molar-refractivity contribution in [1.82, 2.24) is 9.97 Å². The van der Waals surface area contributed by atoms with Gasteiger partial charge < -0.3 is 4.74 Å². The minimum atomic E-state index is -6.39. The van der Waals surface area contributed by atoms with E-state index in [4.69, 9.17) is 4.55 Å². The Morgan fingerprint density at radius 1 is 1.17 bits per heavy atom. The largest absolute Gasteiger partial charge is 0.438 e. The van der Waals surface area contributed by atoms with Gasteiger partial charge in [0.05, 0.1) is 0 Å². The molecule has 0 unspecified atom stereocenters. The Labute approximate surface area is 124 Å². The van der Waals surface area contributed by atoms with Crippen LogP contribution in [0.15, 0.2) is 18.6 Å². The van der Waals surface area contributed by atoms with Gasteiger partial charge in [0.25, 0.3) is 10.1 Å². The number of carbonyl (C=O) groups excluding carboxylic acids is 1. The van der Waals surface area contributed by atoms with Crippen LogP contribution in [0.4, 0.5) is 26.3 Å². The molecule has 0 spiro atoms. The predicted molar refractivity (Wildman–Crippen MR) is 58.7 cm³/mol. The normalized spacial score (nSPS) is 13.7. The lowest BCUT2D eigenvalue weighted by Crippen LogP contribution is -2.63. The van der Waals surface area contributed by atoms with Crippen LogP contribution >= 0.6 is 0 Å². The third-order valence-corrected chi connectivity index (χ3v) is 3.13. The first-order valence-corrected chi connectivity index (χ1v) is 6.88. The van der Waals surface area contributed by atoms with E-state index < -0.39 is 45.5 Å². The zero-order valence-electron chi connectivity index (χ0n) is 10.6. The third-order valence-electron chi connectivity index (χ3n) is 2.36. The molecular formula is C9H6F6N2O5S. The van der Waals surface area contributed by atoms with Gasteiger partial charge in [-0.3, -0.25) is 4.55 Å². The number of halogens is 6. The van der Waals surface area contributed by atoms with Crippen LogP contribution in [-0.2, 0) is 14.9 Å². The van der Waals surface area contributed by atoms with E-state index in [1.165, 1.54) is 0 Å². The van der Waals surface area contributed by atoms with Crippen molar-refractivity contribution in [3.05, 3.63) is 24.3 Å². The fraction of sp³-hybridized carbons (Fsp3) is 0.444. The highest BCUT2D eigenvalue weighted by Crippen LogP contribution is 2.47. The third kappa shape index (κ3) is 4.28. The Morgan fingerprint density at radius 3 is 2.04 bits per heavy atom. The second kappa shape index (κ2) is 5.92. The van der Waals surface area contributed by atoms with E-state index >= 15 is 0 Å². The van der Waals surface area contributed by atoms with Crippen molar-refractivity contribution in [2.75, 3.05) is 5.75 Å². The van der Waals surface area contributed by atoms with Gasteiger partial charge in [-0.05, 0) is 6.07 Å². The Kier molecular flexibility index (Phi) is 4.91. The molecule has 0 fully saturated rings. The van der Waals surface area contributed by atoms with Crippen molar-refractivity contribution >= 4 is 16.1 Å². The Hall–Kier alpha value is -1.96. The molecule has 0 bridgehead atoms. The van der Waals surface area contributed by atoms with Crippen molar-refractivity contribution in [2.45, 2.75) is 18.0 Å². The Bertz CT molecular complexity index is 658. The maximum absolute atomic E-state index is 12.9. The fourth-order valence-corrected chi connectivity index (χ4v) is 2.25. The molecule has 1 heterocycles. The molecule has 1 rings (SSSR count). The molecule has 1 aromatic heterocycles. The van der Waals surface area contributed by atoms with E-state index in [-0.39, 0.29) is 0 Å².